The fourth-order valence-corrected chi connectivity index (χ4v) is 2.55. The van der Waals surface area contributed by atoms with Gasteiger partial charge in [-0.15, -0.1) is 0 Å². The second kappa shape index (κ2) is 3.99. The van der Waals surface area contributed by atoms with Crippen LogP contribution in [0, 0.1) is 0 Å². The van der Waals surface area contributed by atoms with Gasteiger partial charge in [-0.2, -0.15) is 8.42 Å². The molecular weight excluding hydrogens is 224 g/mol. The van der Waals surface area contributed by atoms with E-state index in [-0.39, 0.29) is 24.9 Å². The van der Waals surface area contributed by atoms with Crippen molar-refractivity contribution in [3.05, 3.63) is 0 Å². The Bertz CT molecular complexity index is 326. The van der Waals surface area contributed by atoms with Crippen LogP contribution in [0.4, 0.5) is 0 Å². The van der Waals surface area contributed by atoms with Gasteiger partial charge in [-0.1, -0.05) is 0 Å². The predicted molar refractivity (Wildman–Crippen MR) is 50.0 cm³/mol. The van der Waals surface area contributed by atoms with E-state index < -0.39 is 16.2 Å². The summed E-state index contributed by atoms with van der Waals surface area (Å²) in [6.45, 7) is 0.637. The van der Waals surface area contributed by atoms with Gasteiger partial charge >= 0.3 is 0 Å². The Morgan fingerprint density at radius 2 is 1.67 bits per heavy atom. The second-order valence-corrected chi connectivity index (χ2v) is 5.31. The molecule has 6 nitrogen and oxygen atoms in total. The summed E-state index contributed by atoms with van der Waals surface area (Å²) in [7, 11) is -1.90. The van der Waals surface area contributed by atoms with Crippen LogP contribution in [0.2, 0.25) is 0 Å². The summed E-state index contributed by atoms with van der Waals surface area (Å²) in [5.74, 6) is 0. The first kappa shape index (κ1) is 11.3. The standard InChI is InChI=1S/C8H14O6S/c1-11-5-3-12-8-6(4-13-7(5)8)14-15(2,9)10/h5-8H,3-4H2,1-2H3/t5-,6+,7+,8+/m0/s1. The van der Waals surface area contributed by atoms with Crippen LogP contribution in [-0.2, 0) is 28.5 Å². The molecule has 2 fully saturated rings. The molecule has 0 amide bonds. The third-order valence-corrected chi connectivity index (χ3v) is 3.16. The molecule has 2 aliphatic heterocycles. The summed E-state index contributed by atoms with van der Waals surface area (Å²) in [4.78, 5) is 0. The van der Waals surface area contributed by atoms with Crippen molar-refractivity contribution in [3.63, 3.8) is 0 Å². The molecule has 0 bridgehead atoms. The average molecular weight is 238 g/mol. The van der Waals surface area contributed by atoms with E-state index in [2.05, 4.69) is 0 Å². The zero-order valence-corrected chi connectivity index (χ0v) is 9.40. The van der Waals surface area contributed by atoms with E-state index in [0.29, 0.717) is 6.61 Å². The van der Waals surface area contributed by atoms with Crippen molar-refractivity contribution >= 4 is 10.1 Å². The molecule has 7 heteroatoms. The molecule has 2 rings (SSSR count). The molecule has 0 aliphatic carbocycles. The Morgan fingerprint density at radius 1 is 1.13 bits per heavy atom. The van der Waals surface area contributed by atoms with Gasteiger partial charge in [0.05, 0.1) is 19.5 Å². The number of hydrogen-bond acceptors (Lipinski definition) is 6. The minimum atomic E-state index is -3.47. The predicted octanol–water partition coefficient (Wildman–Crippen LogP) is -0.856. The Kier molecular flexibility index (Phi) is 3.00. The summed E-state index contributed by atoms with van der Waals surface area (Å²) in [6, 6.07) is 0. The van der Waals surface area contributed by atoms with Crippen LogP contribution in [0.25, 0.3) is 0 Å². The minimum absolute atomic E-state index is 0.136. The van der Waals surface area contributed by atoms with Crippen molar-refractivity contribution < 1.29 is 26.8 Å². The van der Waals surface area contributed by atoms with Gasteiger partial charge in [-0.05, 0) is 0 Å². The van der Waals surface area contributed by atoms with Gasteiger partial charge in [0.15, 0.2) is 0 Å². The van der Waals surface area contributed by atoms with Crippen LogP contribution in [0.1, 0.15) is 0 Å². The van der Waals surface area contributed by atoms with Crippen LogP contribution in [0.15, 0.2) is 0 Å². The first-order chi connectivity index (χ1) is 7.01. The minimum Gasteiger partial charge on any atom is -0.376 e. The van der Waals surface area contributed by atoms with Crippen LogP contribution >= 0.6 is 0 Å². The quantitative estimate of drug-likeness (QED) is 0.596. The summed E-state index contributed by atoms with van der Waals surface area (Å²) < 4.78 is 42.7. The summed E-state index contributed by atoms with van der Waals surface area (Å²) in [6.07, 6.45) is -0.233. The van der Waals surface area contributed by atoms with Gasteiger partial charge in [0.2, 0.25) is 0 Å². The monoisotopic (exact) mass is 238 g/mol. The van der Waals surface area contributed by atoms with Crippen molar-refractivity contribution in [2.24, 2.45) is 0 Å². The van der Waals surface area contributed by atoms with Crippen molar-refractivity contribution in [1.82, 2.24) is 0 Å². The Labute approximate surface area is 88.6 Å². The maximum absolute atomic E-state index is 11.0. The molecule has 0 aromatic rings. The molecule has 0 N–H and O–H groups in total. The fraction of sp³-hybridized carbons (Fsp3) is 1.00. The molecule has 88 valence electrons. The average Bonchev–Trinajstić information content (AvgIpc) is 2.65. The molecule has 0 aromatic carbocycles. The Hall–Kier alpha value is -0.210. The van der Waals surface area contributed by atoms with Gasteiger partial charge < -0.3 is 14.2 Å². The van der Waals surface area contributed by atoms with Gasteiger partial charge in [-0.25, -0.2) is 0 Å². The molecule has 15 heavy (non-hydrogen) atoms. The third-order valence-electron chi connectivity index (χ3n) is 2.56. The van der Waals surface area contributed by atoms with Crippen molar-refractivity contribution in [2.45, 2.75) is 24.4 Å². The summed E-state index contributed by atoms with van der Waals surface area (Å²) in [5.41, 5.74) is 0. The lowest BCUT2D eigenvalue weighted by Gasteiger charge is -2.15. The molecule has 0 aromatic heterocycles. The molecular formula is C8H14O6S. The summed E-state index contributed by atoms with van der Waals surface area (Å²) >= 11 is 0. The highest BCUT2D eigenvalue weighted by molar-refractivity contribution is 7.86. The normalized spacial score (nSPS) is 40.7. The zero-order valence-electron chi connectivity index (χ0n) is 8.58. The van der Waals surface area contributed by atoms with Gasteiger partial charge in [0.25, 0.3) is 10.1 Å². The summed E-state index contributed by atoms with van der Waals surface area (Å²) in [5, 5.41) is 0. The number of ether oxygens (including phenoxy) is 3. The van der Waals surface area contributed by atoms with Crippen LogP contribution in [0.5, 0.6) is 0 Å². The molecule has 2 heterocycles. The van der Waals surface area contributed by atoms with E-state index in [4.69, 9.17) is 18.4 Å². The second-order valence-electron chi connectivity index (χ2n) is 3.71. The van der Waals surface area contributed by atoms with E-state index >= 15 is 0 Å². The van der Waals surface area contributed by atoms with E-state index in [9.17, 15) is 8.42 Å². The molecule has 0 unspecified atom stereocenters. The lowest BCUT2D eigenvalue weighted by molar-refractivity contribution is -0.0132. The Morgan fingerprint density at radius 3 is 2.20 bits per heavy atom. The zero-order chi connectivity index (χ0) is 11.1. The highest BCUT2D eigenvalue weighted by atomic mass is 32.2. The molecule has 0 radical (unpaired) electrons. The smallest absolute Gasteiger partial charge is 0.264 e. The maximum atomic E-state index is 11.0. The third kappa shape index (κ3) is 2.31. The largest absolute Gasteiger partial charge is 0.376 e. The number of hydrogen-bond donors (Lipinski definition) is 0. The highest BCUT2D eigenvalue weighted by Gasteiger charge is 2.49. The molecule has 0 saturated carbocycles. The molecule has 2 aliphatic rings. The lowest BCUT2D eigenvalue weighted by atomic mass is 10.1. The van der Waals surface area contributed by atoms with Crippen molar-refractivity contribution in [2.75, 3.05) is 26.6 Å². The van der Waals surface area contributed by atoms with Gasteiger partial charge in [0.1, 0.15) is 24.4 Å². The first-order valence-corrected chi connectivity index (χ1v) is 6.47. The highest BCUT2D eigenvalue weighted by Crippen LogP contribution is 2.30. The van der Waals surface area contributed by atoms with Gasteiger partial charge in [-0.3, -0.25) is 4.18 Å². The number of rotatable bonds is 3. The topological polar surface area (TPSA) is 71.1 Å². The van der Waals surface area contributed by atoms with Crippen LogP contribution in [0.3, 0.4) is 0 Å². The molecule has 0 spiro atoms. The SMILES string of the molecule is CO[C@H]1CO[C@H]2[C@@H]1OC[C@H]2OS(C)(=O)=O. The maximum Gasteiger partial charge on any atom is 0.264 e. The number of methoxy groups -OCH3 is 1. The van der Waals surface area contributed by atoms with Crippen LogP contribution < -0.4 is 0 Å². The Balaban J connectivity index is 2.02. The molecule has 4 atom stereocenters. The van der Waals surface area contributed by atoms with Crippen molar-refractivity contribution in [3.8, 4) is 0 Å². The fourth-order valence-electron chi connectivity index (χ4n) is 1.94. The number of fused-ring (bicyclic) bond motifs is 1. The van der Waals surface area contributed by atoms with Gasteiger partial charge in [0, 0.05) is 7.11 Å². The van der Waals surface area contributed by atoms with Crippen LogP contribution in [-0.4, -0.2) is 59.4 Å². The lowest BCUT2D eigenvalue weighted by Crippen LogP contribution is -2.34. The van der Waals surface area contributed by atoms with Crippen molar-refractivity contribution in [1.29, 1.82) is 0 Å². The van der Waals surface area contributed by atoms with E-state index in [1.165, 1.54) is 0 Å². The first-order valence-electron chi connectivity index (χ1n) is 4.65. The molecule has 2 saturated heterocycles. The van der Waals surface area contributed by atoms with E-state index in [1.807, 2.05) is 0 Å². The van der Waals surface area contributed by atoms with E-state index in [1.54, 1.807) is 7.11 Å². The van der Waals surface area contributed by atoms with E-state index in [0.717, 1.165) is 6.26 Å².